The second-order valence-corrected chi connectivity index (χ2v) is 11.5. The van der Waals surface area contributed by atoms with Crippen molar-refractivity contribution >= 4 is 29.5 Å². The molecule has 192 valence electrons. The minimum atomic E-state index is -0.606. The van der Waals surface area contributed by atoms with E-state index in [0.29, 0.717) is 6.42 Å². The smallest absolute Gasteiger partial charge is 0.246 e. The fourth-order valence-electron chi connectivity index (χ4n) is 6.10. The van der Waals surface area contributed by atoms with Crippen molar-refractivity contribution < 1.29 is 14.4 Å². The summed E-state index contributed by atoms with van der Waals surface area (Å²) in [7, 11) is 1.73. The van der Waals surface area contributed by atoms with Crippen molar-refractivity contribution in [1.82, 2.24) is 20.9 Å². The zero-order chi connectivity index (χ0) is 25.2. The number of carbonyl (C=O) groups excluding carboxylic acids is 3. The molecule has 3 amide bonds. The number of amides is 3. The first-order valence-corrected chi connectivity index (χ1v) is 14.2. The Labute approximate surface area is 213 Å². The van der Waals surface area contributed by atoms with Gasteiger partial charge in [0, 0.05) is 5.41 Å². The van der Waals surface area contributed by atoms with Crippen LogP contribution in [0.5, 0.6) is 0 Å². The molecule has 0 bridgehead atoms. The number of hydrogen-bond donors (Lipinski definition) is 3. The average molecular weight is 501 g/mol. The highest BCUT2D eigenvalue weighted by atomic mass is 32.2. The molecular weight excluding hydrogens is 460 g/mol. The summed E-state index contributed by atoms with van der Waals surface area (Å²) < 4.78 is 0. The molecule has 5 atom stereocenters. The monoisotopic (exact) mass is 500 g/mol. The van der Waals surface area contributed by atoms with Gasteiger partial charge < -0.3 is 20.9 Å². The first-order chi connectivity index (χ1) is 16.8. The Balaban J connectivity index is 1.62. The topological polar surface area (TPSA) is 90.5 Å². The minimum Gasteiger partial charge on any atom is -0.347 e. The molecule has 35 heavy (non-hydrogen) atoms. The molecule has 1 aromatic rings. The van der Waals surface area contributed by atoms with Gasteiger partial charge in [0.2, 0.25) is 17.7 Å². The lowest BCUT2D eigenvalue weighted by Gasteiger charge is -2.38. The maximum absolute atomic E-state index is 14.0. The van der Waals surface area contributed by atoms with Gasteiger partial charge in [-0.15, -0.1) is 11.8 Å². The van der Waals surface area contributed by atoms with Crippen LogP contribution in [0.4, 0.5) is 0 Å². The van der Waals surface area contributed by atoms with E-state index in [1.54, 1.807) is 25.7 Å². The molecule has 0 aromatic heterocycles. The molecule has 2 aliphatic heterocycles. The highest BCUT2D eigenvalue weighted by Crippen LogP contribution is 2.50. The van der Waals surface area contributed by atoms with Gasteiger partial charge in [0.25, 0.3) is 0 Å². The van der Waals surface area contributed by atoms with Gasteiger partial charge in [-0.05, 0) is 75.8 Å². The number of rotatable bonds is 7. The Bertz CT molecular complexity index is 950. The Morgan fingerprint density at radius 2 is 1.89 bits per heavy atom. The third-order valence-electron chi connectivity index (χ3n) is 8.50. The van der Waals surface area contributed by atoms with Crippen LogP contribution >= 0.6 is 11.8 Å². The summed E-state index contributed by atoms with van der Waals surface area (Å²) >= 11 is 1.75. The van der Waals surface area contributed by atoms with Gasteiger partial charge in [0.15, 0.2) is 0 Å². The van der Waals surface area contributed by atoms with Crippen LogP contribution < -0.4 is 16.0 Å². The van der Waals surface area contributed by atoms with Crippen molar-refractivity contribution in [3.8, 4) is 0 Å². The molecule has 2 heterocycles. The molecule has 0 saturated carbocycles. The molecule has 3 N–H and O–H groups in total. The second kappa shape index (κ2) is 10.9. The number of carbonyl (C=O) groups is 3. The van der Waals surface area contributed by atoms with Crippen LogP contribution in [-0.2, 0) is 20.8 Å². The number of fused-ring (bicyclic) bond motifs is 2. The lowest BCUT2D eigenvalue weighted by Crippen LogP contribution is -2.58. The zero-order valence-electron chi connectivity index (χ0n) is 21.4. The highest BCUT2D eigenvalue weighted by molar-refractivity contribution is 7.99. The molecule has 7 nitrogen and oxygen atoms in total. The first kappa shape index (κ1) is 26.0. The van der Waals surface area contributed by atoms with E-state index in [0.717, 1.165) is 44.3 Å². The molecular formula is C27H40N4O3S. The Morgan fingerprint density at radius 3 is 2.60 bits per heavy atom. The summed E-state index contributed by atoms with van der Waals surface area (Å²) in [6.07, 6.45) is 6.04. The van der Waals surface area contributed by atoms with Crippen molar-refractivity contribution in [2.45, 2.75) is 95.3 Å². The van der Waals surface area contributed by atoms with Gasteiger partial charge in [-0.3, -0.25) is 14.4 Å². The number of likely N-dealkylation sites (N-methyl/N-ethyl adjacent to an activating group) is 1. The van der Waals surface area contributed by atoms with E-state index in [4.69, 9.17) is 0 Å². The van der Waals surface area contributed by atoms with Crippen LogP contribution in [0.25, 0.3) is 0 Å². The number of nitrogens with zero attached hydrogens (tertiary/aromatic N) is 1. The average Bonchev–Trinajstić information content (AvgIpc) is 3.14. The Morgan fingerprint density at radius 1 is 1.14 bits per heavy atom. The van der Waals surface area contributed by atoms with Crippen LogP contribution in [0.15, 0.2) is 24.3 Å². The van der Waals surface area contributed by atoms with E-state index in [1.165, 1.54) is 11.1 Å². The number of benzene rings is 1. The molecule has 2 fully saturated rings. The van der Waals surface area contributed by atoms with Crippen LogP contribution in [0.1, 0.15) is 76.5 Å². The maximum Gasteiger partial charge on any atom is 0.246 e. The van der Waals surface area contributed by atoms with Crippen molar-refractivity contribution in [2.75, 3.05) is 12.8 Å². The Hall–Kier alpha value is -2.06. The van der Waals surface area contributed by atoms with Crippen molar-refractivity contribution in [2.24, 2.45) is 5.41 Å². The third-order valence-corrected chi connectivity index (χ3v) is 9.75. The predicted molar refractivity (Wildman–Crippen MR) is 140 cm³/mol. The third kappa shape index (κ3) is 4.96. The van der Waals surface area contributed by atoms with Gasteiger partial charge in [-0.2, -0.15) is 0 Å². The van der Waals surface area contributed by atoms with E-state index in [9.17, 15) is 14.4 Å². The quantitative estimate of drug-likeness (QED) is 0.535. The molecule has 1 aliphatic carbocycles. The van der Waals surface area contributed by atoms with Gasteiger partial charge >= 0.3 is 0 Å². The second-order valence-electron chi connectivity index (χ2n) is 10.3. The standard InChI is InChI=1S/C27H40N4O3S/c1-5-27(6-2)16-22-31(26(34)21(14-15-35-22)30-24(32)17(3)28-4)23(27)25(33)29-20-13-9-11-18-10-7-8-12-19(18)20/h7-8,10,12,17,20-23,28H,5-6,9,11,13-16H2,1-4H3,(H,29,33)(H,30,32)/t17-,20+,21?,22-,23+/m0/s1. The van der Waals surface area contributed by atoms with Crippen molar-refractivity contribution in [1.29, 1.82) is 0 Å². The number of hydrogen-bond acceptors (Lipinski definition) is 5. The molecule has 1 aromatic carbocycles. The first-order valence-electron chi connectivity index (χ1n) is 13.1. The molecule has 0 radical (unpaired) electrons. The minimum absolute atomic E-state index is 0.0281. The molecule has 4 rings (SSSR count). The molecule has 3 aliphatic rings. The summed E-state index contributed by atoms with van der Waals surface area (Å²) in [5.74, 6) is 0.414. The SMILES string of the molecule is CCC1(CC)C[C@@H]2SCCC(NC(=O)[C@H](C)NC)C(=O)N2[C@@H]1C(=O)N[C@@H]1CCCc2ccccc21. The number of aryl methyl sites for hydroxylation is 1. The molecule has 1 unspecified atom stereocenters. The van der Waals surface area contributed by atoms with Crippen molar-refractivity contribution in [3.63, 3.8) is 0 Å². The zero-order valence-corrected chi connectivity index (χ0v) is 22.2. The largest absolute Gasteiger partial charge is 0.347 e. The fraction of sp³-hybridized carbons (Fsp3) is 0.667. The molecule has 8 heteroatoms. The highest BCUT2D eigenvalue weighted by Gasteiger charge is 2.57. The van der Waals surface area contributed by atoms with E-state index >= 15 is 0 Å². The van der Waals surface area contributed by atoms with Gasteiger partial charge in [0.05, 0.1) is 17.5 Å². The lowest BCUT2D eigenvalue weighted by molar-refractivity contribution is -0.144. The van der Waals surface area contributed by atoms with Gasteiger partial charge in [0.1, 0.15) is 12.1 Å². The van der Waals surface area contributed by atoms with Gasteiger partial charge in [-0.25, -0.2) is 0 Å². The Kier molecular flexibility index (Phi) is 8.11. The lowest BCUT2D eigenvalue weighted by atomic mass is 9.74. The summed E-state index contributed by atoms with van der Waals surface area (Å²) in [6, 6.07) is 6.80. The molecule has 0 spiro atoms. The number of thioether (sulfide) groups is 1. The summed E-state index contributed by atoms with van der Waals surface area (Å²) in [5, 5.41) is 9.20. The van der Waals surface area contributed by atoms with E-state index in [-0.39, 0.29) is 40.6 Å². The van der Waals surface area contributed by atoms with E-state index < -0.39 is 12.1 Å². The van der Waals surface area contributed by atoms with Crippen molar-refractivity contribution in [3.05, 3.63) is 35.4 Å². The van der Waals surface area contributed by atoms with Gasteiger partial charge in [-0.1, -0.05) is 38.1 Å². The normalized spacial score (nSPS) is 28.5. The van der Waals surface area contributed by atoms with Crippen LogP contribution in [0, 0.1) is 5.41 Å². The maximum atomic E-state index is 14.0. The van der Waals surface area contributed by atoms with Crippen LogP contribution in [-0.4, -0.2) is 58.9 Å². The summed E-state index contributed by atoms with van der Waals surface area (Å²) in [5.41, 5.74) is 2.23. The predicted octanol–water partition coefficient (Wildman–Crippen LogP) is 3.14. The van der Waals surface area contributed by atoms with E-state index in [1.807, 2.05) is 11.0 Å². The van der Waals surface area contributed by atoms with Crippen LogP contribution in [0.3, 0.4) is 0 Å². The summed E-state index contributed by atoms with van der Waals surface area (Å²) in [4.78, 5) is 42.4. The fourth-order valence-corrected chi connectivity index (χ4v) is 7.58. The van der Waals surface area contributed by atoms with E-state index in [2.05, 4.69) is 48.0 Å². The number of nitrogens with one attached hydrogen (secondary N) is 3. The summed E-state index contributed by atoms with van der Waals surface area (Å²) in [6.45, 7) is 6.05. The van der Waals surface area contributed by atoms with Crippen LogP contribution in [0.2, 0.25) is 0 Å². The molecule has 2 saturated heterocycles.